The third-order valence-electron chi connectivity index (χ3n) is 5.02. The SMILES string of the molecule is CNc1ncc(CN(C)c2cc(C3CC(N)C3)nc(C3CC3)n2)cn1. The van der Waals surface area contributed by atoms with Gasteiger partial charge in [0.15, 0.2) is 0 Å². The van der Waals surface area contributed by atoms with Gasteiger partial charge >= 0.3 is 0 Å². The Morgan fingerprint density at radius 2 is 1.88 bits per heavy atom. The van der Waals surface area contributed by atoms with Gasteiger partial charge in [-0.1, -0.05) is 0 Å². The molecule has 2 aliphatic rings. The van der Waals surface area contributed by atoms with Gasteiger partial charge in [-0.2, -0.15) is 0 Å². The van der Waals surface area contributed by atoms with Crippen molar-refractivity contribution < 1.29 is 0 Å². The summed E-state index contributed by atoms with van der Waals surface area (Å²) in [5.41, 5.74) is 8.18. The van der Waals surface area contributed by atoms with E-state index in [0.29, 0.717) is 30.4 Å². The predicted molar refractivity (Wildman–Crippen MR) is 97.6 cm³/mol. The molecule has 2 aromatic rings. The minimum Gasteiger partial charge on any atom is -0.357 e. The van der Waals surface area contributed by atoms with Gasteiger partial charge < -0.3 is 16.0 Å². The summed E-state index contributed by atoms with van der Waals surface area (Å²) in [5.74, 6) is 3.64. The lowest BCUT2D eigenvalue weighted by Crippen LogP contribution is -2.35. The van der Waals surface area contributed by atoms with Gasteiger partial charge in [-0.25, -0.2) is 19.9 Å². The smallest absolute Gasteiger partial charge is 0.222 e. The van der Waals surface area contributed by atoms with Gasteiger partial charge in [0, 0.05) is 68.2 Å². The number of hydrogen-bond acceptors (Lipinski definition) is 7. The number of aromatic nitrogens is 4. The van der Waals surface area contributed by atoms with E-state index in [4.69, 9.17) is 15.7 Å². The maximum atomic E-state index is 5.97. The van der Waals surface area contributed by atoms with Crippen LogP contribution in [0.15, 0.2) is 18.5 Å². The van der Waals surface area contributed by atoms with Gasteiger partial charge in [-0.3, -0.25) is 0 Å². The number of nitrogens with zero attached hydrogens (tertiary/aromatic N) is 5. The molecule has 0 atom stereocenters. The lowest BCUT2D eigenvalue weighted by molar-refractivity contribution is 0.344. The molecule has 0 unspecified atom stereocenters. The van der Waals surface area contributed by atoms with Crippen molar-refractivity contribution in [3.8, 4) is 0 Å². The first-order chi connectivity index (χ1) is 12.1. The van der Waals surface area contributed by atoms with Gasteiger partial charge in [-0.05, 0) is 25.7 Å². The Kier molecular flexibility index (Phi) is 4.25. The van der Waals surface area contributed by atoms with Crippen molar-refractivity contribution >= 4 is 11.8 Å². The second-order valence-electron chi connectivity index (χ2n) is 7.23. The van der Waals surface area contributed by atoms with Crippen LogP contribution in [0.5, 0.6) is 0 Å². The van der Waals surface area contributed by atoms with Crippen LogP contribution in [0.25, 0.3) is 0 Å². The van der Waals surface area contributed by atoms with Crippen LogP contribution in [0, 0.1) is 0 Å². The highest BCUT2D eigenvalue weighted by Gasteiger charge is 2.32. The fourth-order valence-electron chi connectivity index (χ4n) is 3.22. The van der Waals surface area contributed by atoms with Crippen molar-refractivity contribution in [3.05, 3.63) is 35.5 Å². The Bertz CT molecular complexity index is 736. The minimum absolute atomic E-state index is 0.327. The molecule has 2 fully saturated rings. The Balaban J connectivity index is 1.54. The van der Waals surface area contributed by atoms with Gasteiger partial charge in [0.1, 0.15) is 11.6 Å². The van der Waals surface area contributed by atoms with Crippen molar-refractivity contribution in [2.45, 2.75) is 50.1 Å². The zero-order chi connectivity index (χ0) is 17.4. The van der Waals surface area contributed by atoms with E-state index in [1.165, 1.54) is 12.8 Å². The molecule has 2 aromatic heterocycles. The second kappa shape index (κ2) is 6.55. The molecule has 7 heteroatoms. The maximum absolute atomic E-state index is 5.97. The summed E-state index contributed by atoms with van der Waals surface area (Å²) in [6.45, 7) is 0.717. The molecule has 132 valence electrons. The number of hydrogen-bond donors (Lipinski definition) is 2. The van der Waals surface area contributed by atoms with Crippen molar-refractivity contribution in [2.24, 2.45) is 5.73 Å². The monoisotopic (exact) mass is 339 g/mol. The highest BCUT2D eigenvalue weighted by Crippen LogP contribution is 2.41. The third-order valence-corrected chi connectivity index (χ3v) is 5.02. The lowest BCUT2D eigenvalue weighted by atomic mass is 9.78. The molecule has 0 saturated heterocycles. The molecule has 0 bridgehead atoms. The molecular formula is C18H25N7. The molecule has 4 rings (SSSR count). The van der Waals surface area contributed by atoms with Gasteiger partial charge in [0.05, 0.1) is 0 Å². The molecule has 2 saturated carbocycles. The molecular weight excluding hydrogens is 314 g/mol. The van der Waals surface area contributed by atoms with Crippen LogP contribution in [0.3, 0.4) is 0 Å². The van der Waals surface area contributed by atoms with Crippen LogP contribution in [0.1, 0.15) is 54.6 Å². The lowest BCUT2D eigenvalue weighted by Gasteiger charge is -2.32. The molecule has 7 nitrogen and oxygen atoms in total. The average Bonchev–Trinajstić information content (AvgIpc) is 3.44. The molecule has 3 N–H and O–H groups in total. The molecule has 0 amide bonds. The van der Waals surface area contributed by atoms with E-state index >= 15 is 0 Å². The zero-order valence-electron chi connectivity index (χ0n) is 14.8. The third kappa shape index (κ3) is 3.56. The van der Waals surface area contributed by atoms with E-state index in [-0.39, 0.29) is 0 Å². The first kappa shape index (κ1) is 16.2. The van der Waals surface area contributed by atoms with E-state index in [0.717, 1.165) is 35.7 Å². The normalized spacial score (nSPS) is 22.4. The Morgan fingerprint density at radius 3 is 2.48 bits per heavy atom. The molecule has 25 heavy (non-hydrogen) atoms. The number of nitrogens with two attached hydrogens (primary N) is 1. The molecule has 2 heterocycles. The summed E-state index contributed by atoms with van der Waals surface area (Å²) in [4.78, 5) is 20.4. The van der Waals surface area contributed by atoms with Crippen molar-refractivity contribution in [1.82, 2.24) is 19.9 Å². The predicted octanol–water partition coefficient (Wildman–Crippen LogP) is 2.03. The summed E-state index contributed by atoms with van der Waals surface area (Å²) < 4.78 is 0. The number of rotatable bonds is 6. The zero-order valence-corrected chi connectivity index (χ0v) is 14.8. The summed E-state index contributed by atoms with van der Waals surface area (Å²) in [6, 6.07) is 2.46. The summed E-state index contributed by atoms with van der Waals surface area (Å²) in [5, 5.41) is 2.94. The van der Waals surface area contributed by atoms with Crippen LogP contribution in [-0.2, 0) is 6.54 Å². The highest BCUT2D eigenvalue weighted by molar-refractivity contribution is 5.42. The highest BCUT2D eigenvalue weighted by atomic mass is 15.2. The fraction of sp³-hybridized carbons (Fsp3) is 0.556. The largest absolute Gasteiger partial charge is 0.357 e. The molecule has 0 aliphatic heterocycles. The van der Waals surface area contributed by atoms with E-state index in [9.17, 15) is 0 Å². The Morgan fingerprint density at radius 1 is 1.16 bits per heavy atom. The van der Waals surface area contributed by atoms with Gasteiger partial charge in [-0.15, -0.1) is 0 Å². The van der Waals surface area contributed by atoms with Crippen LogP contribution in [-0.4, -0.2) is 40.1 Å². The quantitative estimate of drug-likeness (QED) is 0.831. The van der Waals surface area contributed by atoms with Crippen LogP contribution in [0.2, 0.25) is 0 Å². The van der Waals surface area contributed by atoms with E-state index in [1.807, 2.05) is 19.4 Å². The van der Waals surface area contributed by atoms with Crippen molar-refractivity contribution in [2.75, 3.05) is 24.3 Å². The van der Waals surface area contributed by atoms with Crippen LogP contribution >= 0.6 is 0 Å². The average molecular weight is 339 g/mol. The minimum atomic E-state index is 0.327. The fourth-order valence-corrected chi connectivity index (χ4v) is 3.22. The topological polar surface area (TPSA) is 92.9 Å². The summed E-state index contributed by atoms with van der Waals surface area (Å²) >= 11 is 0. The van der Waals surface area contributed by atoms with E-state index in [2.05, 4.69) is 33.3 Å². The van der Waals surface area contributed by atoms with E-state index < -0.39 is 0 Å². The summed E-state index contributed by atoms with van der Waals surface area (Å²) in [6.07, 6.45) is 8.17. The maximum Gasteiger partial charge on any atom is 0.222 e. The van der Waals surface area contributed by atoms with Gasteiger partial charge in [0.2, 0.25) is 5.95 Å². The van der Waals surface area contributed by atoms with Gasteiger partial charge in [0.25, 0.3) is 0 Å². The number of anilines is 2. The van der Waals surface area contributed by atoms with E-state index in [1.54, 1.807) is 0 Å². The van der Waals surface area contributed by atoms with Crippen molar-refractivity contribution in [3.63, 3.8) is 0 Å². The molecule has 0 aromatic carbocycles. The van der Waals surface area contributed by atoms with Crippen LogP contribution in [0.4, 0.5) is 11.8 Å². The Labute approximate surface area is 148 Å². The Hall–Kier alpha value is -2.28. The molecule has 0 spiro atoms. The molecule has 2 aliphatic carbocycles. The first-order valence-corrected chi connectivity index (χ1v) is 8.96. The van der Waals surface area contributed by atoms with Crippen molar-refractivity contribution in [1.29, 1.82) is 0 Å². The first-order valence-electron chi connectivity index (χ1n) is 8.96. The number of nitrogens with one attached hydrogen (secondary N) is 1. The summed E-state index contributed by atoms with van der Waals surface area (Å²) in [7, 11) is 3.87. The second-order valence-corrected chi connectivity index (χ2v) is 7.23. The molecule has 0 radical (unpaired) electrons. The standard InChI is InChI=1S/C18H25N7/c1-20-18-21-8-11(9-22-18)10-25(2)16-7-15(13-5-14(19)6-13)23-17(24-16)12-3-4-12/h7-9,12-14H,3-6,10,19H2,1-2H3,(H,20,21,22). The van der Waals surface area contributed by atoms with Crippen LogP contribution < -0.4 is 16.0 Å².